The summed E-state index contributed by atoms with van der Waals surface area (Å²) in [4.78, 5) is 0. The SMILES string of the molecule is CCCn1cc(C(NC)C2C(C)OC(C)C2C)cn1. The largest absolute Gasteiger partial charge is 0.375 e. The highest BCUT2D eigenvalue weighted by Crippen LogP contribution is 2.40. The molecule has 0 aliphatic carbocycles. The zero-order valence-electron chi connectivity index (χ0n) is 12.8. The van der Waals surface area contributed by atoms with E-state index < -0.39 is 0 Å². The van der Waals surface area contributed by atoms with Crippen molar-refractivity contribution in [3.8, 4) is 0 Å². The van der Waals surface area contributed by atoms with Gasteiger partial charge in [0.15, 0.2) is 0 Å². The molecule has 0 aromatic carbocycles. The summed E-state index contributed by atoms with van der Waals surface area (Å²) in [6.45, 7) is 9.81. The number of rotatable bonds is 5. The molecule has 1 saturated heterocycles. The third-order valence-electron chi connectivity index (χ3n) is 4.48. The van der Waals surface area contributed by atoms with Crippen LogP contribution in [0.4, 0.5) is 0 Å². The van der Waals surface area contributed by atoms with Crippen LogP contribution < -0.4 is 5.32 Å². The molecule has 1 aliphatic rings. The minimum Gasteiger partial charge on any atom is -0.375 e. The molecule has 0 spiro atoms. The third kappa shape index (κ3) is 2.84. The first-order valence-corrected chi connectivity index (χ1v) is 7.43. The average Bonchev–Trinajstić information content (AvgIpc) is 2.91. The number of ether oxygens (including phenoxy) is 1. The lowest BCUT2D eigenvalue weighted by Gasteiger charge is -2.27. The number of nitrogens with zero attached hydrogens (tertiary/aromatic N) is 2. The first-order chi connectivity index (χ1) is 9.08. The topological polar surface area (TPSA) is 39.1 Å². The summed E-state index contributed by atoms with van der Waals surface area (Å²) in [6, 6.07) is 0.320. The van der Waals surface area contributed by atoms with Gasteiger partial charge in [-0.2, -0.15) is 5.10 Å². The standard InChI is InChI=1S/C15H27N3O/c1-6-7-18-9-13(8-17-18)15(16-5)14-10(2)11(3)19-12(14)4/h8-12,14-16H,6-7H2,1-5H3. The number of hydrogen-bond donors (Lipinski definition) is 1. The van der Waals surface area contributed by atoms with Gasteiger partial charge >= 0.3 is 0 Å². The molecule has 2 heterocycles. The number of aromatic nitrogens is 2. The molecule has 0 radical (unpaired) electrons. The lowest BCUT2D eigenvalue weighted by Crippen LogP contribution is -2.32. The van der Waals surface area contributed by atoms with E-state index in [2.05, 4.69) is 44.3 Å². The van der Waals surface area contributed by atoms with Gasteiger partial charge in [-0.3, -0.25) is 4.68 Å². The van der Waals surface area contributed by atoms with Crippen LogP contribution in [0.3, 0.4) is 0 Å². The molecule has 4 heteroatoms. The zero-order chi connectivity index (χ0) is 14.0. The van der Waals surface area contributed by atoms with Gasteiger partial charge in [0.05, 0.1) is 18.4 Å². The Bertz CT molecular complexity index is 404. The summed E-state index contributed by atoms with van der Waals surface area (Å²) in [5.41, 5.74) is 1.28. The molecule has 0 bridgehead atoms. The fourth-order valence-electron chi connectivity index (χ4n) is 3.34. The number of hydrogen-bond acceptors (Lipinski definition) is 3. The molecular formula is C15H27N3O. The summed E-state index contributed by atoms with van der Waals surface area (Å²) in [5, 5.41) is 7.91. The minimum absolute atomic E-state index is 0.289. The molecule has 1 aliphatic heterocycles. The van der Waals surface area contributed by atoms with Crippen LogP contribution in [0.5, 0.6) is 0 Å². The van der Waals surface area contributed by atoms with Crippen LogP contribution in [-0.4, -0.2) is 29.0 Å². The van der Waals surface area contributed by atoms with Crippen molar-refractivity contribution in [1.82, 2.24) is 15.1 Å². The molecule has 5 atom stereocenters. The fourth-order valence-corrected chi connectivity index (χ4v) is 3.34. The van der Waals surface area contributed by atoms with Crippen molar-refractivity contribution in [2.45, 2.75) is 58.9 Å². The lowest BCUT2D eigenvalue weighted by atomic mass is 9.81. The van der Waals surface area contributed by atoms with Crippen molar-refractivity contribution in [2.24, 2.45) is 11.8 Å². The van der Waals surface area contributed by atoms with Gasteiger partial charge in [0, 0.05) is 30.3 Å². The van der Waals surface area contributed by atoms with E-state index in [0.717, 1.165) is 13.0 Å². The Balaban J connectivity index is 2.18. The second-order valence-electron chi connectivity index (χ2n) is 5.79. The van der Waals surface area contributed by atoms with Gasteiger partial charge in [-0.05, 0) is 33.2 Å². The quantitative estimate of drug-likeness (QED) is 0.889. The Hall–Kier alpha value is -0.870. The Kier molecular flexibility index (Phi) is 4.63. The summed E-state index contributed by atoms with van der Waals surface area (Å²) in [7, 11) is 2.03. The number of aryl methyl sites for hydroxylation is 1. The summed E-state index contributed by atoms with van der Waals surface area (Å²) >= 11 is 0. The van der Waals surface area contributed by atoms with Crippen LogP contribution in [0.1, 0.15) is 45.7 Å². The first kappa shape index (κ1) is 14.5. The highest BCUT2D eigenvalue weighted by atomic mass is 16.5. The molecule has 0 amide bonds. The smallest absolute Gasteiger partial charge is 0.0600 e. The summed E-state index contributed by atoms with van der Waals surface area (Å²) in [5.74, 6) is 1.06. The molecule has 19 heavy (non-hydrogen) atoms. The van der Waals surface area contributed by atoms with Crippen LogP contribution >= 0.6 is 0 Å². The maximum atomic E-state index is 5.98. The normalized spacial score (nSPS) is 32.7. The van der Waals surface area contributed by atoms with E-state index in [1.165, 1.54) is 5.56 Å². The van der Waals surface area contributed by atoms with Gasteiger partial charge in [0.2, 0.25) is 0 Å². The van der Waals surface area contributed by atoms with E-state index in [1.54, 1.807) is 0 Å². The predicted molar refractivity (Wildman–Crippen MR) is 77.0 cm³/mol. The van der Waals surface area contributed by atoms with Gasteiger partial charge in [0.1, 0.15) is 0 Å². The van der Waals surface area contributed by atoms with Gasteiger partial charge in [-0.25, -0.2) is 0 Å². The van der Waals surface area contributed by atoms with Crippen LogP contribution in [0, 0.1) is 11.8 Å². The van der Waals surface area contributed by atoms with E-state index in [9.17, 15) is 0 Å². The second-order valence-corrected chi connectivity index (χ2v) is 5.79. The highest BCUT2D eigenvalue weighted by molar-refractivity contribution is 5.14. The zero-order valence-corrected chi connectivity index (χ0v) is 12.8. The maximum absolute atomic E-state index is 5.98. The van der Waals surface area contributed by atoms with Crippen molar-refractivity contribution in [3.05, 3.63) is 18.0 Å². The van der Waals surface area contributed by atoms with Crippen LogP contribution in [0.25, 0.3) is 0 Å². The van der Waals surface area contributed by atoms with Gasteiger partial charge in [-0.1, -0.05) is 13.8 Å². The summed E-state index contributed by atoms with van der Waals surface area (Å²) < 4.78 is 8.01. The van der Waals surface area contributed by atoms with Crippen LogP contribution in [0.15, 0.2) is 12.4 Å². The highest BCUT2D eigenvalue weighted by Gasteiger charge is 2.41. The van der Waals surface area contributed by atoms with E-state index in [4.69, 9.17) is 4.74 Å². The molecule has 1 aromatic rings. The van der Waals surface area contributed by atoms with Gasteiger partial charge < -0.3 is 10.1 Å². The van der Waals surface area contributed by atoms with Crippen molar-refractivity contribution in [2.75, 3.05) is 7.05 Å². The van der Waals surface area contributed by atoms with Gasteiger partial charge in [0.25, 0.3) is 0 Å². The Morgan fingerprint density at radius 3 is 2.63 bits per heavy atom. The van der Waals surface area contributed by atoms with Crippen LogP contribution in [0.2, 0.25) is 0 Å². The lowest BCUT2D eigenvalue weighted by molar-refractivity contribution is 0.0478. The maximum Gasteiger partial charge on any atom is 0.0600 e. The Morgan fingerprint density at radius 1 is 1.37 bits per heavy atom. The van der Waals surface area contributed by atoms with Crippen LogP contribution in [-0.2, 0) is 11.3 Å². The van der Waals surface area contributed by atoms with Crippen molar-refractivity contribution in [1.29, 1.82) is 0 Å². The summed E-state index contributed by atoms with van der Waals surface area (Å²) in [6.07, 6.45) is 5.91. The van der Waals surface area contributed by atoms with E-state index in [1.807, 2.05) is 17.9 Å². The Morgan fingerprint density at radius 2 is 2.11 bits per heavy atom. The van der Waals surface area contributed by atoms with Crippen molar-refractivity contribution < 1.29 is 4.74 Å². The van der Waals surface area contributed by atoms with E-state index in [-0.39, 0.29) is 6.10 Å². The third-order valence-corrected chi connectivity index (χ3v) is 4.48. The monoisotopic (exact) mass is 265 g/mol. The molecule has 108 valence electrons. The average molecular weight is 265 g/mol. The molecule has 0 saturated carbocycles. The molecule has 1 fully saturated rings. The molecule has 4 nitrogen and oxygen atoms in total. The second kappa shape index (κ2) is 6.06. The molecular weight excluding hydrogens is 238 g/mol. The number of nitrogens with one attached hydrogen (secondary N) is 1. The fraction of sp³-hybridized carbons (Fsp3) is 0.800. The molecule has 5 unspecified atom stereocenters. The van der Waals surface area contributed by atoms with Crippen molar-refractivity contribution >= 4 is 0 Å². The van der Waals surface area contributed by atoms with Gasteiger partial charge in [-0.15, -0.1) is 0 Å². The Labute approximate surface area is 116 Å². The minimum atomic E-state index is 0.289. The van der Waals surface area contributed by atoms with Crippen molar-refractivity contribution in [3.63, 3.8) is 0 Å². The molecule has 1 aromatic heterocycles. The predicted octanol–water partition coefficient (Wildman–Crippen LogP) is 2.61. The molecule has 1 N–H and O–H groups in total. The van der Waals surface area contributed by atoms with E-state index in [0.29, 0.717) is 24.0 Å². The molecule has 2 rings (SSSR count). The first-order valence-electron chi connectivity index (χ1n) is 7.43. The van der Waals surface area contributed by atoms with E-state index >= 15 is 0 Å².